The van der Waals surface area contributed by atoms with Crippen molar-refractivity contribution in [3.8, 4) is 0 Å². The molecule has 0 radical (unpaired) electrons. The second-order valence-corrected chi connectivity index (χ2v) is 6.34. The van der Waals surface area contributed by atoms with Crippen LogP contribution >= 0.6 is 11.3 Å². The molecule has 1 saturated heterocycles. The molecule has 1 unspecified atom stereocenters. The Morgan fingerprint density at radius 3 is 2.94 bits per heavy atom. The average Bonchev–Trinajstić information content (AvgIpc) is 2.80. The first-order valence-corrected chi connectivity index (χ1v) is 7.82. The lowest BCUT2D eigenvalue weighted by Crippen LogP contribution is -2.21. The SMILES string of the molecule is CCc1nc(C2CCCOC2)sc1CNC(C)C. The van der Waals surface area contributed by atoms with Crippen LogP contribution in [0.3, 0.4) is 0 Å². The molecular formula is C14H24N2OS. The van der Waals surface area contributed by atoms with Crippen molar-refractivity contribution >= 4 is 11.3 Å². The summed E-state index contributed by atoms with van der Waals surface area (Å²) in [5.74, 6) is 0.529. The van der Waals surface area contributed by atoms with Gasteiger partial charge >= 0.3 is 0 Å². The molecule has 1 aromatic rings. The van der Waals surface area contributed by atoms with Gasteiger partial charge in [0.15, 0.2) is 0 Å². The lowest BCUT2D eigenvalue weighted by atomic mass is 10.0. The van der Waals surface area contributed by atoms with Crippen molar-refractivity contribution in [3.05, 3.63) is 15.6 Å². The zero-order valence-corrected chi connectivity index (χ0v) is 12.5. The Morgan fingerprint density at radius 1 is 1.50 bits per heavy atom. The van der Waals surface area contributed by atoms with Gasteiger partial charge in [-0.3, -0.25) is 0 Å². The Bertz CT molecular complexity index is 370. The number of ether oxygens (including phenoxy) is 1. The van der Waals surface area contributed by atoms with Crippen molar-refractivity contribution in [1.29, 1.82) is 0 Å². The maximum Gasteiger partial charge on any atom is 0.0985 e. The first-order valence-electron chi connectivity index (χ1n) is 7.00. The van der Waals surface area contributed by atoms with Crippen molar-refractivity contribution in [2.24, 2.45) is 0 Å². The predicted molar refractivity (Wildman–Crippen MR) is 76.3 cm³/mol. The van der Waals surface area contributed by atoms with E-state index in [9.17, 15) is 0 Å². The minimum absolute atomic E-state index is 0.526. The van der Waals surface area contributed by atoms with E-state index < -0.39 is 0 Å². The molecule has 1 aliphatic rings. The molecule has 0 bridgehead atoms. The Balaban J connectivity index is 2.07. The molecule has 2 heterocycles. The Labute approximate surface area is 114 Å². The molecule has 1 aliphatic heterocycles. The second kappa shape index (κ2) is 6.64. The number of thiazole rings is 1. The molecule has 1 N–H and O–H groups in total. The molecule has 1 aromatic heterocycles. The number of hydrogen-bond donors (Lipinski definition) is 1. The summed E-state index contributed by atoms with van der Waals surface area (Å²) >= 11 is 1.88. The first kappa shape index (κ1) is 14.0. The van der Waals surface area contributed by atoms with Gasteiger partial charge in [0.2, 0.25) is 0 Å². The number of aryl methyl sites for hydroxylation is 1. The fourth-order valence-corrected chi connectivity index (χ4v) is 3.45. The van der Waals surface area contributed by atoms with Gasteiger partial charge in [-0.15, -0.1) is 11.3 Å². The zero-order chi connectivity index (χ0) is 13.0. The van der Waals surface area contributed by atoms with Crippen LogP contribution in [0, 0.1) is 0 Å². The zero-order valence-electron chi connectivity index (χ0n) is 11.7. The van der Waals surface area contributed by atoms with Gasteiger partial charge in [-0.25, -0.2) is 4.98 Å². The average molecular weight is 268 g/mol. The Hall–Kier alpha value is -0.450. The number of hydrogen-bond acceptors (Lipinski definition) is 4. The molecule has 102 valence electrons. The smallest absolute Gasteiger partial charge is 0.0985 e. The monoisotopic (exact) mass is 268 g/mol. The van der Waals surface area contributed by atoms with E-state index in [0.717, 1.165) is 26.2 Å². The molecule has 0 spiro atoms. The van der Waals surface area contributed by atoms with Crippen molar-refractivity contribution < 1.29 is 4.74 Å². The fraction of sp³-hybridized carbons (Fsp3) is 0.786. The van der Waals surface area contributed by atoms with Crippen LogP contribution in [-0.4, -0.2) is 24.2 Å². The van der Waals surface area contributed by atoms with E-state index in [1.54, 1.807) is 0 Å². The van der Waals surface area contributed by atoms with Crippen LogP contribution in [0.5, 0.6) is 0 Å². The summed E-state index contributed by atoms with van der Waals surface area (Å²) in [4.78, 5) is 6.24. The number of nitrogens with zero attached hydrogens (tertiary/aromatic N) is 1. The summed E-state index contributed by atoms with van der Waals surface area (Å²) < 4.78 is 5.57. The molecule has 0 saturated carbocycles. The van der Waals surface area contributed by atoms with Crippen LogP contribution in [0.4, 0.5) is 0 Å². The summed E-state index contributed by atoms with van der Waals surface area (Å²) in [5.41, 5.74) is 1.27. The first-order chi connectivity index (χ1) is 8.70. The third-order valence-electron chi connectivity index (χ3n) is 3.31. The van der Waals surface area contributed by atoms with Crippen LogP contribution in [0.15, 0.2) is 0 Å². The predicted octanol–water partition coefficient (Wildman–Crippen LogP) is 3.10. The molecule has 1 fully saturated rings. The Morgan fingerprint density at radius 2 is 2.33 bits per heavy atom. The summed E-state index contributed by atoms with van der Waals surface area (Å²) in [6.45, 7) is 9.28. The summed E-state index contributed by atoms with van der Waals surface area (Å²) in [6, 6.07) is 0.526. The van der Waals surface area contributed by atoms with E-state index in [2.05, 4.69) is 26.1 Å². The standard InChI is InChI=1S/C14H24N2OS/c1-4-12-13(8-15-10(2)3)18-14(16-12)11-6-5-7-17-9-11/h10-11,15H,4-9H2,1-3H3. The summed E-state index contributed by atoms with van der Waals surface area (Å²) in [5, 5.41) is 4.78. The molecular weight excluding hydrogens is 244 g/mol. The van der Waals surface area contributed by atoms with Crippen LogP contribution < -0.4 is 5.32 Å². The Kier molecular flexibility index (Phi) is 5.15. The summed E-state index contributed by atoms with van der Waals surface area (Å²) in [7, 11) is 0. The molecule has 0 amide bonds. The minimum Gasteiger partial charge on any atom is -0.381 e. The normalized spacial score (nSPS) is 20.6. The maximum atomic E-state index is 5.57. The number of rotatable bonds is 5. The van der Waals surface area contributed by atoms with Gasteiger partial charge in [0.05, 0.1) is 17.3 Å². The van der Waals surface area contributed by atoms with Crippen molar-refractivity contribution in [2.75, 3.05) is 13.2 Å². The second-order valence-electron chi connectivity index (χ2n) is 5.23. The van der Waals surface area contributed by atoms with Gasteiger partial charge in [-0.05, 0) is 19.3 Å². The van der Waals surface area contributed by atoms with Gasteiger partial charge < -0.3 is 10.1 Å². The van der Waals surface area contributed by atoms with Crippen LogP contribution in [0.25, 0.3) is 0 Å². The molecule has 1 atom stereocenters. The van der Waals surface area contributed by atoms with E-state index in [1.165, 1.54) is 28.4 Å². The van der Waals surface area contributed by atoms with E-state index >= 15 is 0 Å². The van der Waals surface area contributed by atoms with E-state index in [1.807, 2.05) is 11.3 Å². The quantitative estimate of drug-likeness (QED) is 0.891. The highest BCUT2D eigenvalue weighted by molar-refractivity contribution is 7.11. The number of aromatic nitrogens is 1. The lowest BCUT2D eigenvalue weighted by Gasteiger charge is -2.19. The molecule has 18 heavy (non-hydrogen) atoms. The van der Waals surface area contributed by atoms with Crippen LogP contribution in [0.2, 0.25) is 0 Å². The van der Waals surface area contributed by atoms with Crippen molar-refractivity contribution in [2.45, 2.75) is 58.5 Å². The van der Waals surface area contributed by atoms with Crippen LogP contribution in [0.1, 0.15) is 55.1 Å². The number of nitrogens with one attached hydrogen (secondary N) is 1. The van der Waals surface area contributed by atoms with Crippen molar-refractivity contribution in [1.82, 2.24) is 10.3 Å². The molecule has 3 nitrogen and oxygen atoms in total. The topological polar surface area (TPSA) is 34.1 Å². The van der Waals surface area contributed by atoms with Gasteiger partial charge in [0.25, 0.3) is 0 Å². The molecule has 0 aliphatic carbocycles. The highest BCUT2D eigenvalue weighted by atomic mass is 32.1. The van der Waals surface area contributed by atoms with Crippen molar-refractivity contribution in [3.63, 3.8) is 0 Å². The lowest BCUT2D eigenvalue weighted by molar-refractivity contribution is 0.0803. The highest BCUT2D eigenvalue weighted by Crippen LogP contribution is 2.31. The molecule has 4 heteroatoms. The third kappa shape index (κ3) is 3.53. The van der Waals surface area contributed by atoms with E-state index in [-0.39, 0.29) is 0 Å². The minimum atomic E-state index is 0.526. The van der Waals surface area contributed by atoms with E-state index in [4.69, 9.17) is 9.72 Å². The summed E-state index contributed by atoms with van der Waals surface area (Å²) in [6.07, 6.45) is 3.43. The fourth-order valence-electron chi connectivity index (χ4n) is 2.22. The van der Waals surface area contributed by atoms with Crippen LogP contribution in [-0.2, 0) is 17.7 Å². The molecule has 0 aromatic carbocycles. The van der Waals surface area contributed by atoms with Gasteiger partial charge in [0, 0.05) is 30.0 Å². The van der Waals surface area contributed by atoms with Gasteiger partial charge in [-0.2, -0.15) is 0 Å². The third-order valence-corrected chi connectivity index (χ3v) is 4.57. The van der Waals surface area contributed by atoms with Gasteiger partial charge in [-0.1, -0.05) is 20.8 Å². The van der Waals surface area contributed by atoms with E-state index in [0.29, 0.717) is 12.0 Å². The molecule has 2 rings (SSSR count). The largest absolute Gasteiger partial charge is 0.381 e. The van der Waals surface area contributed by atoms with Gasteiger partial charge in [0.1, 0.15) is 0 Å². The highest BCUT2D eigenvalue weighted by Gasteiger charge is 2.21. The maximum absolute atomic E-state index is 5.57.